The van der Waals surface area contributed by atoms with Crippen LogP contribution in [0.4, 0.5) is 42.9 Å². The minimum Gasteiger partial charge on any atom is -0.474 e. The van der Waals surface area contributed by atoms with E-state index in [-0.39, 0.29) is 58.7 Å². The molecular formula is C80H77F2N15O15. The summed E-state index contributed by atoms with van der Waals surface area (Å²) in [6.07, 6.45) is 9.99. The number of ether oxygens (including phenoxy) is 10. The normalized spacial score (nSPS) is 16.6. The number of aryl methyl sites for hydroxylation is 1. The van der Waals surface area contributed by atoms with E-state index in [1.165, 1.54) is 42.7 Å². The molecule has 0 bridgehead atoms. The van der Waals surface area contributed by atoms with Crippen LogP contribution in [-0.2, 0) is 40.2 Å². The van der Waals surface area contributed by atoms with Crippen LogP contribution in [0, 0.1) is 17.7 Å². The number of nitrogens with zero attached hydrogens (tertiary/aromatic N) is 9. The lowest BCUT2D eigenvalue weighted by molar-refractivity contribution is -0.101. The number of nitrogens with two attached hydrogens (primary N) is 2. The zero-order valence-electron chi connectivity index (χ0n) is 60.5. The highest BCUT2D eigenvalue weighted by Gasteiger charge is 2.26. The number of halogens is 2. The van der Waals surface area contributed by atoms with Crippen LogP contribution in [0.25, 0.3) is 43.2 Å². The van der Waals surface area contributed by atoms with Gasteiger partial charge in [-0.2, -0.15) is 9.49 Å². The highest BCUT2D eigenvalue weighted by Crippen LogP contribution is 2.32. The van der Waals surface area contributed by atoms with Gasteiger partial charge >= 0.3 is 0 Å². The topological polar surface area (TPSA) is 386 Å². The molecule has 4 aliphatic rings. The second-order valence-electron chi connectivity index (χ2n) is 25.8. The first-order valence-electron chi connectivity index (χ1n) is 35.7. The number of pyridine rings is 7. The summed E-state index contributed by atoms with van der Waals surface area (Å²) < 4.78 is 83.4. The summed E-state index contributed by atoms with van der Waals surface area (Å²) in [5, 5.41) is 21.3. The van der Waals surface area contributed by atoms with Crippen molar-refractivity contribution < 1.29 is 80.1 Å². The fourth-order valence-corrected chi connectivity index (χ4v) is 12.1. The van der Waals surface area contributed by atoms with Crippen molar-refractivity contribution in [3.05, 3.63) is 223 Å². The van der Waals surface area contributed by atoms with Gasteiger partial charge in [0.15, 0.2) is 17.2 Å². The number of carbonyl (C=O) groups is 5. The van der Waals surface area contributed by atoms with E-state index in [1.807, 2.05) is 48.5 Å². The molecule has 30 nitrogen and oxygen atoms in total. The van der Waals surface area contributed by atoms with Crippen LogP contribution in [0.15, 0.2) is 183 Å². The number of rotatable bonds is 20. The molecule has 4 fully saturated rings. The monoisotopic (exact) mass is 1530 g/mol. The van der Waals surface area contributed by atoms with Crippen LogP contribution >= 0.6 is 0 Å². The molecule has 576 valence electrons. The Labute approximate surface area is 638 Å². The number of carbonyl (C=O) groups excluding carboxylic acids is 5. The van der Waals surface area contributed by atoms with Crippen molar-refractivity contribution >= 4 is 107 Å². The van der Waals surface area contributed by atoms with Crippen molar-refractivity contribution in [2.45, 2.75) is 31.2 Å². The molecule has 32 heteroatoms. The Kier molecular flexibility index (Phi) is 26.0. The summed E-state index contributed by atoms with van der Waals surface area (Å²) in [5.41, 5.74) is 16.3. The quantitative estimate of drug-likeness (QED) is 0.0305. The molecule has 4 aliphatic heterocycles. The summed E-state index contributed by atoms with van der Waals surface area (Å²) in [6, 6.07) is 40.3. The number of amides is 4. The fraction of sp³-hybridized carbons (Fsp3) is 0.263. The molecule has 0 aliphatic carbocycles. The van der Waals surface area contributed by atoms with Gasteiger partial charge in [0.05, 0.1) is 82.6 Å². The van der Waals surface area contributed by atoms with Crippen LogP contribution in [0.5, 0.6) is 17.6 Å². The maximum Gasteiger partial charge on any atom is 0.276 e. The van der Waals surface area contributed by atoms with Crippen molar-refractivity contribution in [3.8, 4) is 17.6 Å². The zero-order valence-corrected chi connectivity index (χ0v) is 60.5. The highest BCUT2D eigenvalue weighted by atomic mass is 19.1. The molecular weight excluding hydrogens is 1450 g/mol. The van der Waals surface area contributed by atoms with Crippen LogP contribution in [-0.4, -0.2) is 185 Å². The molecule has 12 heterocycles. The lowest BCUT2D eigenvalue weighted by atomic mass is 9.99. The summed E-state index contributed by atoms with van der Waals surface area (Å²) in [6.45, 7) is 7.40. The van der Waals surface area contributed by atoms with Crippen molar-refractivity contribution in [1.29, 1.82) is 0 Å². The SMILES string of the molecule is Cn1nc(C(=O)CC2CCOC2)c2ccc(NC(=O)c3ncccc3N)cc21.Nc1cccnc1C(=O)Nc1ccc2c(OCC3COCCO3)nccc2c1.O=C(Nc1ccc2c(OCC3COCCO3)nccc2c1)c1ccc(F)cn1.O=C(Nc1ccc2c(OCC3COCCO3)nccc2c1)c1cccc(F)n1. The molecule has 4 amide bonds. The Bertz CT molecular complexity index is 5310. The van der Waals surface area contributed by atoms with Crippen LogP contribution in [0.3, 0.4) is 0 Å². The van der Waals surface area contributed by atoms with Gasteiger partial charge < -0.3 is 80.1 Å². The maximum absolute atomic E-state index is 13.2. The summed E-state index contributed by atoms with van der Waals surface area (Å²) in [7, 11) is 1.78. The van der Waals surface area contributed by atoms with Gasteiger partial charge in [0.2, 0.25) is 23.6 Å². The van der Waals surface area contributed by atoms with Crippen molar-refractivity contribution in [1.82, 2.24) is 44.7 Å². The van der Waals surface area contributed by atoms with Gasteiger partial charge in [0.25, 0.3) is 23.6 Å². The molecule has 8 aromatic heterocycles. The van der Waals surface area contributed by atoms with E-state index in [0.29, 0.717) is 156 Å². The fourth-order valence-electron chi connectivity index (χ4n) is 12.1. The van der Waals surface area contributed by atoms with Crippen molar-refractivity contribution in [3.63, 3.8) is 0 Å². The molecule has 12 aromatic rings. The van der Waals surface area contributed by atoms with E-state index in [1.54, 1.807) is 97.1 Å². The average Bonchev–Trinajstić information content (AvgIpc) is 1.60. The van der Waals surface area contributed by atoms with E-state index < -0.39 is 29.5 Å². The lowest BCUT2D eigenvalue weighted by Gasteiger charge is -2.22. The smallest absolute Gasteiger partial charge is 0.276 e. The van der Waals surface area contributed by atoms with Crippen LogP contribution < -0.4 is 46.9 Å². The van der Waals surface area contributed by atoms with Crippen molar-refractivity contribution in [2.24, 2.45) is 13.0 Å². The van der Waals surface area contributed by atoms with Gasteiger partial charge in [0, 0.05) is 102 Å². The number of nitrogens with one attached hydrogen (secondary N) is 4. The molecule has 4 atom stereocenters. The molecule has 112 heavy (non-hydrogen) atoms. The Morgan fingerprint density at radius 1 is 0.455 bits per heavy atom. The number of hydrogen-bond donors (Lipinski definition) is 6. The Morgan fingerprint density at radius 3 is 1.34 bits per heavy atom. The number of Topliss-reactive ketones (excluding diaryl/α,β-unsaturated/α-hetero) is 1. The molecule has 0 spiro atoms. The number of fused-ring (bicyclic) bond motifs is 4. The third-order valence-electron chi connectivity index (χ3n) is 17.7. The molecule has 4 saturated heterocycles. The predicted molar refractivity (Wildman–Crippen MR) is 409 cm³/mol. The Morgan fingerprint density at radius 2 is 0.911 bits per heavy atom. The standard InChI is InChI=1S/2C20H18FN3O4.C20H21N5O3.C20H20N4O4/c21-14-1-4-18(23-10-14)19(25)24-15-2-3-17-13(9-15)5-6-22-20(17)28-12-16-11-26-7-8-27-16;21-18-3-1-2-17(24-18)19(25)23-14-4-5-16-13(10-14)6-7-22-20(16)28-12-15-11-26-8-9-27-15;1-25-16-10-13(23-20(27)19-15(21)3-2-7-22-19)4-5-14(16)18(24-25)17(26)9-12-6-8-28-11-12;21-17-2-1-6-22-18(17)19(25)24-14-3-4-16-13(10-14)5-7-23-20(16)28-12-15-11-26-8-9-27-15/h1-6,9-10,16H,7-8,11-12H2,(H,24,25);1-7,10,15H,8-9,11-12H2,(H,23,25);2-5,7,10,12H,6,8-9,11,21H2,1H3,(H,23,27);1-7,10,15H,8-9,11-12,21H2,(H,24,25). The predicted octanol–water partition coefficient (Wildman–Crippen LogP) is 10.3. The number of aromatic nitrogens is 9. The molecule has 16 rings (SSSR count). The van der Waals surface area contributed by atoms with Gasteiger partial charge in [-0.3, -0.25) is 28.7 Å². The lowest BCUT2D eigenvalue weighted by Crippen LogP contribution is -2.33. The van der Waals surface area contributed by atoms with Gasteiger partial charge in [-0.1, -0.05) is 6.07 Å². The van der Waals surface area contributed by atoms with Gasteiger partial charge in [-0.25, -0.2) is 39.3 Å². The molecule has 4 unspecified atom stereocenters. The van der Waals surface area contributed by atoms with E-state index in [2.05, 4.69) is 61.3 Å². The summed E-state index contributed by atoms with van der Waals surface area (Å²) in [4.78, 5) is 90.3. The Balaban J connectivity index is 0.000000131. The van der Waals surface area contributed by atoms with E-state index in [0.717, 1.165) is 55.8 Å². The second-order valence-corrected chi connectivity index (χ2v) is 25.8. The van der Waals surface area contributed by atoms with Crippen LogP contribution in [0.1, 0.15) is 65.3 Å². The maximum atomic E-state index is 13.2. The number of benzene rings is 4. The highest BCUT2D eigenvalue weighted by molar-refractivity contribution is 6.10. The largest absolute Gasteiger partial charge is 0.474 e. The van der Waals surface area contributed by atoms with Crippen LogP contribution in [0.2, 0.25) is 0 Å². The Hall–Kier alpha value is -12.7. The second kappa shape index (κ2) is 37.6. The first kappa shape index (κ1) is 77.5. The number of nitrogen functional groups attached to an aromatic ring is 2. The van der Waals surface area contributed by atoms with E-state index in [9.17, 15) is 32.8 Å². The summed E-state index contributed by atoms with van der Waals surface area (Å²) in [5.74, 6) is -1.10. The van der Waals surface area contributed by atoms with Crippen molar-refractivity contribution in [2.75, 3.05) is 125 Å². The first-order valence-corrected chi connectivity index (χ1v) is 35.7. The van der Waals surface area contributed by atoms with Gasteiger partial charge in [-0.05, 0) is 168 Å². The summed E-state index contributed by atoms with van der Waals surface area (Å²) >= 11 is 0. The van der Waals surface area contributed by atoms with Gasteiger partial charge in [-0.15, -0.1) is 0 Å². The van der Waals surface area contributed by atoms with E-state index >= 15 is 0 Å². The van der Waals surface area contributed by atoms with E-state index in [4.69, 9.17) is 58.8 Å². The minimum absolute atomic E-state index is 0.00792. The molecule has 0 radical (unpaired) electrons. The zero-order chi connectivity index (χ0) is 77.7. The molecule has 8 N–H and O–H groups in total. The molecule has 4 aromatic carbocycles. The minimum atomic E-state index is -0.702. The number of ketones is 1. The van der Waals surface area contributed by atoms with Gasteiger partial charge in [0.1, 0.15) is 61.0 Å². The third-order valence-corrected chi connectivity index (χ3v) is 17.7. The average molecular weight is 1530 g/mol. The first-order chi connectivity index (χ1) is 54.6. The molecule has 0 saturated carbocycles. The number of hydrogen-bond acceptors (Lipinski definition) is 25. The third kappa shape index (κ3) is 20.6. The number of anilines is 6.